The van der Waals surface area contributed by atoms with Gasteiger partial charge in [-0.15, -0.1) is 0 Å². The van der Waals surface area contributed by atoms with Crippen LogP contribution < -0.4 is 0 Å². The molecule has 5 nitrogen and oxygen atoms in total. The first-order valence-corrected chi connectivity index (χ1v) is 9.78. The Morgan fingerprint density at radius 3 is 2.29 bits per heavy atom. The first-order chi connectivity index (χ1) is 13.4. The van der Waals surface area contributed by atoms with Crippen molar-refractivity contribution < 1.29 is 19.4 Å². The molecule has 1 aliphatic rings. The number of halogens is 2. The summed E-state index contributed by atoms with van der Waals surface area (Å²) in [6, 6.07) is 14.6. The van der Waals surface area contributed by atoms with Crippen LogP contribution in [0.3, 0.4) is 0 Å². The third kappa shape index (κ3) is 4.78. The van der Waals surface area contributed by atoms with Crippen LogP contribution in [0.5, 0.6) is 0 Å². The van der Waals surface area contributed by atoms with Crippen molar-refractivity contribution in [3.63, 3.8) is 0 Å². The zero-order valence-electron chi connectivity index (χ0n) is 15.2. The van der Waals surface area contributed by atoms with E-state index < -0.39 is 17.5 Å². The van der Waals surface area contributed by atoms with Gasteiger partial charge in [-0.1, -0.05) is 59.6 Å². The summed E-state index contributed by atoms with van der Waals surface area (Å²) in [5.74, 6) is -0.865. The fraction of sp³-hybridized carbons (Fsp3) is 0.333. The summed E-state index contributed by atoms with van der Waals surface area (Å²) in [7, 11) is 0. The second-order valence-corrected chi connectivity index (χ2v) is 7.85. The van der Waals surface area contributed by atoms with Crippen LogP contribution in [0.15, 0.2) is 48.5 Å². The van der Waals surface area contributed by atoms with Crippen molar-refractivity contribution in [1.29, 1.82) is 0 Å². The lowest BCUT2D eigenvalue weighted by molar-refractivity contribution is -0.151. The number of piperidine rings is 1. The molecule has 0 saturated carbocycles. The van der Waals surface area contributed by atoms with Gasteiger partial charge in [0.1, 0.15) is 6.61 Å². The van der Waals surface area contributed by atoms with E-state index in [9.17, 15) is 14.7 Å². The minimum Gasteiger partial charge on any atom is -0.481 e. The van der Waals surface area contributed by atoms with Crippen LogP contribution in [0, 0.1) is 5.41 Å². The zero-order valence-corrected chi connectivity index (χ0v) is 16.7. The van der Waals surface area contributed by atoms with Crippen LogP contribution in [0.25, 0.3) is 0 Å². The molecule has 1 saturated heterocycles. The topological polar surface area (TPSA) is 66.8 Å². The third-order valence-corrected chi connectivity index (χ3v) is 5.90. The molecule has 1 aliphatic heterocycles. The van der Waals surface area contributed by atoms with E-state index in [2.05, 4.69) is 0 Å². The van der Waals surface area contributed by atoms with Gasteiger partial charge in [-0.2, -0.15) is 0 Å². The van der Waals surface area contributed by atoms with E-state index >= 15 is 0 Å². The van der Waals surface area contributed by atoms with Gasteiger partial charge in [0.05, 0.1) is 15.5 Å². The summed E-state index contributed by atoms with van der Waals surface area (Å²) in [5.41, 5.74) is 0.789. The number of nitrogens with zero attached hydrogens (tertiary/aromatic N) is 1. The van der Waals surface area contributed by atoms with Crippen molar-refractivity contribution in [1.82, 2.24) is 4.90 Å². The predicted molar refractivity (Wildman–Crippen MR) is 108 cm³/mol. The number of aliphatic carboxylic acids is 1. The molecule has 2 aromatic rings. The summed E-state index contributed by atoms with van der Waals surface area (Å²) < 4.78 is 5.35. The molecule has 7 heteroatoms. The van der Waals surface area contributed by atoms with E-state index in [-0.39, 0.29) is 6.61 Å². The number of ether oxygens (including phenoxy) is 1. The van der Waals surface area contributed by atoms with Crippen LogP contribution in [-0.4, -0.2) is 35.2 Å². The van der Waals surface area contributed by atoms with Crippen LogP contribution in [0.1, 0.15) is 24.0 Å². The minimum atomic E-state index is -0.937. The molecule has 2 aromatic carbocycles. The van der Waals surface area contributed by atoms with Crippen molar-refractivity contribution >= 4 is 35.3 Å². The molecule has 0 bridgehead atoms. The Balaban J connectivity index is 1.60. The smallest absolute Gasteiger partial charge is 0.410 e. The number of carbonyl (C=O) groups is 2. The maximum Gasteiger partial charge on any atom is 0.410 e. The molecule has 0 radical (unpaired) electrons. The van der Waals surface area contributed by atoms with Gasteiger partial charge >= 0.3 is 12.1 Å². The first kappa shape index (κ1) is 20.5. The fourth-order valence-corrected chi connectivity index (χ4v) is 3.76. The second kappa shape index (κ2) is 8.84. The lowest BCUT2D eigenvalue weighted by atomic mass is 9.74. The van der Waals surface area contributed by atoms with E-state index in [1.165, 1.54) is 0 Å². The van der Waals surface area contributed by atoms with Crippen molar-refractivity contribution in [3.05, 3.63) is 69.7 Å². The number of carboxylic acids is 1. The number of hydrogen-bond donors (Lipinski definition) is 1. The van der Waals surface area contributed by atoms with Gasteiger partial charge in [-0.05, 0) is 42.5 Å². The van der Waals surface area contributed by atoms with Crippen LogP contribution in [0.4, 0.5) is 4.79 Å². The van der Waals surface area contributed by atoms with Gasteiger partial charge in [0, 0.05) is 13.1 Å². The maximum atomic E-state index is 12.3. The van der Waals surface area contributed by atoms with Crippen LogP contribution in [-0.2, 0) is 22.6 Å². The van der Waals surface area contributed by atoms with Gasteiger partial charge in [-0.3, -0.25) is 4.79 Å². The molecular formula is C21H21Cl2NO4. The number of hydrogen-bond acceptors (Lipinski definition) is 3. The molecular weight excluding hydrogens is 401 g/mol. The van der Waals surface area contributed by atoms with Crippen LogP contribution >= 0.6 is 23.2 Å². The van der Waals surface area contributed by atoms with E-state index in [0.717, 1.165) is 11.1 Å². The Morgan fingerprint density at radius 2 is 1.68 bits per heavy atom. The molecule has 3 rings (SSSR count). The predicted octanol–water partition coefficient (Wildman–Crippen LogP) is 5.04. The lowest BCUT2D eigenvalue weighted by Crippen LogP contribution is -2.47. The number of amides is 1. The Hall–Kier alpha value is -2.24. The summed E-state index contributed by atoms with van der Waals surface area (Å²) >= 11 is 12.0. The van der Waals surface area contributed by atoms with E-state index in [0.29, 0.717) is 42.4 Å². The molecule has 0 unspecified atom stereocenters. The Morgan fingerprint density at radius 1 is 1.00 bits per heavy atom. The molecule has 1 fully saturated rings. The van der Waals surface area contributed by atoms with E-state index in [1.54, 1.807) is 23.1 Å². The first-order valence-electron chi connectivity index (χ1n) is 9.03. The highest BCUT2D eigenvalue weighted by molar-refractivity contribution is 6.42. The van der Waals surface area contributed by atoms with Gasteiger partial charge in [0.25, 0.3) is 0 Å². The van der Waals surface area contributed by atoms with Crippen molar-refractivity contribution in [3.8, 4) is 0 Å². The van der Waals surface area contributed by atoms with E-state index in [4.69, 9.17) is 27.9 Å². The largest absolute Gasteiger partial charge is 0.481 e. The Labute approximate surface area is 173 Å². The molecule has 148 valence electrons. The third-order valence-electron chi connectivity index (χ3n) is 5.16. The van der Waals surface area contributed by atoms with Gasteiger partial charge in [0.15, 0.2) is 0 Å². The molecule has 1 N–H and O–H groups in total. The quantitative estimate of drug-likeness (QED) is 0.733. The van der Waals surface area contributed by atoms with E-state index in [1.807, 2.05) is 30.3 Å². The molecule has 0 aromatic heterocycles. The summed E-state index contributed by atoms with van der Waals surface area (Å²) in [5, 5.41) is 10.7. The van der Waals surface area contributed by atoms with Gasteiger partial charge < -0.3 is 14.7 Å². The average Bonchev–Trinajstić information content (AvgIpc) is 2.70. The molecule has 0 aliphatic carbocycles. The van der Waals surface area contributed by atoms with Crippen LogP contribution in [0.2, 0.25) is 10.0 Å². The Bertz CT molecular complexity index is 849. The number of carbonyl (C=O) groups excluding carboxylic acids is 1. The fourth-order valence-electron chi connectivity index (χ4n) is 3.43. The Kier molecular flexibility index (Phi) is 6.47. The molecule has 0 atom stereocenters. The minimum absolute atomic E-state index is 0.198. The summed E-state index contributed by atoms with van der Waals surface area (Å²) in [6.07, 6.45) is 0.621. The number of likely N-dealkylation sites (tertiary alicyclic amines) is 1. The highest BCUT2D eigenvalue weighted by atomic mass is 35.5. The van der Waals surface area contributed by atoms with Gasteiger partial charge in [-0.25, -0.2) is 4.79 Å². The number of carboxylic acid groups (broad SMARTS) is 1. The standard InChI is InChI=1S/C21H21Cl2NO4/c22-17-7-6-16(12-18(17)23)13-21(19(25)26)8-10-24(11-9-21)20(27)28-14-15-4-2-1-3-5-15/h1-7,12H,8-11,13-14H2,(H,25,26). The second-order valence-electron chi connectivity index (χ2n) is 7.04. The lowest BCUT2D eigenvalue weighted by Gasteiger charge is -2.38. The highest BCUT2D eigenvalue weighted by Gasteiger charge is 2.42. The monoisotopic (exact) mass is 421 g/mol. The summed E-state index contributed by atoms with van der Waals surface area (Å²) in [4.78, 5) is 25.9. The van der Waals surface area contributed by atoms with Gasteiger partial charge in [0.2, 0.25) is 0 Å². The van der Waals surface area contributed by atoms with Crippen molar-refractivity contribution in [2.75, 3.05) is 13.1 Å². The molecule has 0 spiro atoms. The maximum absolute atomic E-state index is 12.3. The normalized spacial score (nSPS) is 15.9. The SMILES string of the molecule is O=C(OCc1ccccc1)N1CCC(Cc2ccc(Cl)c(Cl)c2)(C(=O)O)CC1. The highest BCUT2D eigenvalue weighted by Crippen LogP contribution is 2.37. The van der Waals surface area contributed by atoms with Crippen molar-refractivity contribution in [2.45, 2.75) is 25.9 Å². The zero-order chi connectivity index (χ0) is 20.1. The number of rotatable bonds is 5. The average molecular weight is 422 g/mol. The molecule has 1 heterocycles. The molecule has 28 heavy (non-hydrogen) atoms. The van der Waals surface area contributed by atoms with Crippen molar-refractivity contribution in [2.24, 2.45) is 5.41 Å². The summed E-state index contributed by atoms with van der Waals surface area (Å²) in [6.45, 7) is 0.867. The number of benzene rings is 2. The molecule has 1 amide bonds.